The topological polar surface area (TPSA) is 124 Å². The van der Waals surface area contributed by atoms with Gasteiger partial charge >= 0.3 is 11.9 Å². The number of halogens is 4. The fraction of sp³-hybridized carbons (Fsp3) is 0.325. The molecule has 0 bridgehead atoms. The van der Waals surface area contributed by atoms with Crippen molar-refractivity contribution in [2.75, 3.05) is 32.8 Å². The van der Waals surface area contributed by atoms with Crippen LogP contribution in [0.4, 0.5) is 13.2 Å². The number of alkyl halides is 3. The normalized spacial score (nSPS) is 17.4. The molecule has 1 aliphatic carbocycles. The number of imidazole rings is 1. The lowest BCUT2D eigenvalue weighted by molar-refractivity contribution is -0.138. The summed E-state index contributed by atoms with van der Waals surface area (Å²) in [5.74, 6) is -0.127. The maximum Gasteiger partial charge on any atom is 0.417 e. The molecule has 2 fully saturated rings. The van der Waals surface area contributed by atoms with Crippen LogP contribution in [0.25, 0.3) is 17.1 Å². The zero-order chi connectivity index (χ0) is 39.0. The average molecular weight is 833 g/mol. The van der Waals surface area contributed by atoms with Crippen LogP contribution in [-0.4, -0.2) is 85.7 Å². The van der Waals surface area contributed by atoms with Gasteiger partial charge in [0.05, 0.1) is 48.8 Å². The first-order chi connectivity index (χ1) is 27.0. The lowest BCUT2D eigenvalue weighted by atomic mass is 10.0. The number of nitrogens with zero attached hydrogens (tertiary/aromatic N) is 6. The molecule has 56 heavy (non-hydrogen) atoms. The molecule has 1 saturated carbocycles. The molecule has 0 spiro atoms. The number of morpholine rings is 1. The van der Waals surface area contributed by atoms with Gasteiger partial charge in [-0.05, 0) is 66.9 Å². The Bertz CT molecular complexity index is 2310. The van der Waals surface area contributed by atoms with Crippen LogP contribution in [0.15, 0.2) is 94.5 Å². The maximum absolute atomic E-state index is 14.5. The van der Waals surface area contributed by atoms with Crippen LogP contribution in [0.5, 0.6) is 5.75 Å². The van der Waals surface area contributed by atoms with Gasteiger partial charge in [-0.25, -0.2) is 14.8 Å². The van der Waals surface area contributed by atoms with E-state index >= 15 is 0 Å². The third-order valence-corrected chi connectivity index (χ3v) is 10.8. The summed E-state index contributed by atoms with van der Waals surface area (Å²) in [6, 6.07) is 18.7. The molecule has 0 radical (unpaired) electrons. The number of aromatic nitrogens is 4. The van der Waals surface area contributed by atoms with Crippen LogP contribution in [0.3, 0.4) is 0 Å². The molecule has 4 heterocycles. The first-order valence-electron chi connectivity index (χ1n) is 18.3. The standard InChI is InChI=1S/C40H37BrF3N7O5/c41-33-13-6-25(20-32(33)40(42,43)44)38(53)49-24-34-35(37(52)47-21-26-4-1-2-5-31(26)36-45-14-3-15-46-36)51(27-7-9-29(10-8-27)56-30-11-12-30)39(54)50(34)23-28(49)22-48-16-18-55-19-17-48/h1-10,13-15,20,28,30H,11-12,16-19,21-24H2,(H,47,52)/t28-/m1/s1. The number of ether oxygens (including phenoxy) is 2. The van der Waals surface area contributed by atoms with E-state index in [0.717, 1.165) is 24.5 Å². The fourth-order valence-corrected chi connectivity index (χ4v) is 7.64. The second kappa shape index (κ2) is 15.7. The minimum atomic E-state index is -4.71. The summed E-state index contributed by atoms with van der Waals surface area (Å²) in [6.45, 7) is 2.30. The highest BCUT2D eigenvalue weighted by atomic mass is 79.9. The zero-order valence-electron chi connectivity index (χ0n) is 30.0. The minimum Gasteiger partial charge on any atom is -0.490 e. The number of hydrogen-bond donors (Lipinski definition) is 1. The number of nitrogens with one attached hydrogen (secondary N) is 1. The smallest absolute Gasteiger partial charge is 0.417 e. The number of amides is 2. The molecule has 1 saturated heterocycles. The third kappa shape index (κ3) is 7.86. The Kier molecular flexibility index (Phi) is 10.5. The highest BCUT2D eigenvalue weighted by Crippen LogP contribution is 2.36. The SMILES string of the molecule is O=C(NCc1ccccc1-c1ncccn1)c1c2n(c(=O)n1-c1ccc(OC3CC3)cc1)C[C@@H](CN1CCOCC1)N(C(=O)c1ccc(Br)c(C(F)(F)F)c1)C2. The number of hydrogen-bond acceptors (Lipinski definition) is 8. The Hall–Kier alpha value is -5.32. The van der Waals surface area contributed by atoms with Crippen LogP contribution in [-0.2, 0) is 30.5 Å². The van der Waals surface area contributed by atoms with Gasteiger partial charge in [-0.2, -0.15) is 13.2 Å². The maximum atomic E-state index is 14.5. The van der Waals surface area contributed by atoms with E-state index in [1.165, 1.54) is 26.2 Å². The van der Waals surface area contributed by atoms with Gasteiger partial charge in [-0.1, -0.05) is 40.2 Å². The fourth-order valence-electron chi connectivity index (χ4n) is 7.17. The van der Waals surface area contributed by atoms with Crippen molar-refractivity contribution in [1.82, 2.24) is 34.2 Å². The zero-order valence-corrected chi connectivity index (χ0v) is 31.6. The Morgan fingerprint density at radius 2 is 1.70 bits per heavy atom. The van der Waals surface area contributed by atoms with Gasteiger partial charge in [0.25, 0.3) is 11.8 Å². The summed E-state index contributed by atoms with van der Waals surface area (Å²) in [6.07, 6.45) is 0.634. The molecule has 0 unspecified atom stereocenters. The predicted molar refractivity (Wildman–Crippen MR) is 202 cm³/mol. The summed E-state index contributed by atoms with van der Waals surface area (Å²) in [4.78, 5) is 55.7. The largest absolute Gasteiger partial charge is 0.490 e. The molecule has 290 valence electrons. The number of carbonyl (C=O) groups excluding carboxylic acids is 2. The van der Waals surface area contributed by atoms with Crippen molar-refractivity contribution in [1.29, 1.82) is 0 Å². The summed E-state index contributed by atoms with van der Waals surface area (Å²) in [5, 5.41) is 2.98. The summed E-state index contributed by atoms with van der Waals surface area (Å²) >= 11 is 2.97. The van der Waals surface area contributed by atoms with E-state index < -0.39 is 35.3 Å². The van der Waals surface area contributed by atoms with Crippen LogP contribution in [0, 0.1) is 0 Å². The molecular weight excluding hydrogens is 795 g/mol. The summed E-state index contributed by atoms with van der Waals surface area (Å²) < 4.78 is 56.1. The second-order valence-corrected chi connectivity index (χ2v) is 14.8. The number of fused-ring (bicyclic) bond motifs is 1. The van der Waals surface area contributed by atoms with Crippen molar-refractivity contribution in [3.63, 3.8) is 0 Å². The van der Waals surface area contributed by atoms with Crippen molar-refractivity contribution in [3.05, 3.63) is 128 Å². The number of rotatable bonds is 10. The average Bonchev–Trinajstić information content (AvgIpc) is 3.98. The van der Waals surface area contributed by atoms with Gasteiger partial charge in [0.15, 0.2) is 5.82 Å². The van der Waals surface area contributed by atoms with Crippen LogP contribution in [0.2, 0.25) is 0 Å². The van der Waals surface area contributed by atoms with E-state index in [9.17, 15) is 27.6 Å². The molecule has 1 N–H and O–H groups in total. The number of benzene rings is 3. The third-order valence-electron chi connectivity index (χ3n) is 10.2. The molecule has 3 aliphatic rings. The first kappa shape index (κ1) is 37.6. The van der Waals surface area contributed by atoms with Gasteiger partial charge in [0.1, 0.15) is 11.4 Å². The van der Waals surface area contributed by atoms with Gasteiger partial charge in [-0.3, -0.25) is 23.6 Å². The molecule has 3 aromatic carbocycles. The van der Waals surface area contributed by atoms with Crippen molar-refractivity contribution >= 4 is 27.7 Å². The van der Waals surface area contributed by atoms with Gasteiger partial charge in [-0.15, -0.1) is 0 Å². The predicted octanol–water partition coefficient (Wildman–Crippen LogP) is 5.71. The van der Waals surface area contributed by atoms with Gasteiger partial charge in [0, 0.05) is 60.7 Å². The lowest BCUT2D eigenvalue weighted by Gasteiger charge is -2.40. The van der Waals surface area contributed by atoms with E-state index in [2.05, 4.69) is 36.1 Å². The monoisotopic (exact) mass is 831 g/mol. The molecule has 8 rings (SSSR count). The van der Waals surface area contributed by atoms with E-state index in [1.807, 2.05) is 24.3 Å². The Balaban J connectivity index is 1.20. The second-order valence-electron chi connectivity index (χ2n) is 13.9. The van der Waals surface area contributed by atoms with E-state index in [1.54, 1.807) is 42.7 Å². The highest BCUT2D eigenvalue weighted by molar-refractivity contribution is 9.10. The Morgan fingerprint density at radius 1 is 0.964 bits per heavy atom. The molecule has 2 aliphatic heterocycles. The minimum absolute atomic E-state index is 0.00422. The van der Waals surface area contributed by atoms with Crippen molar-refractivity contribution in [3.8, 4) is 22.8 Å². The van der Waals surface area contributed by atoms with Crippen molar-refractivity contribution < 1.29 is 32.2 Å². The quantitative estimate of drug-likeness (QED) is 0.190. The Labute approximate surface area is 328 Å². The van der Waals surface area contributed by atoms with Gasteiger partial charge < -0.3 is 19.7 Å². The molecule has 5 aromatic rings. The summed E-state index contributed by atoms with van der Waals surface area (Å²) in [7, 11) is 0. The van der Waals surface area contributed by atoms with Crippen LogP contribution in [0.1, 0.15) is 50.5 Å². The molecule has 12 nitrogen and oxygen atoms in total. The Morgan fingerprint density at radius 3 is 2.41 bits per heavy atom. The van der Waals surface area contributed by atoms with Crippen LogP contribution >= 0.6 is 15.9 Å². The summed E-state index contributed by atoms with van der Waals surface area (Å²) in [5.41, 5.74) is 0.483. The number of carbonyl (C=O) groups is 2. The van der Waals surface area contributed by atoms with E-state index in [-0.39, 0.29) is 47.2 Å². The molecule has 2 amide bonds. The van der Waals surface area contributed by atoms with Crippen molar-refractivity contribution in [2.24, 2.45) is 0 Å². The van der Waals surface area contributed by atoms with E-state index in [4.69, 9.17) is 9.47 Å². The van der Waals surface area contributed by atoms with E-state index in [0.29, 0.717) is 55.7 Å². The molecule has 2 aromatic heterocycles. The molecule has 16 heteroatoms. The highest BCUT2D eigenvalue weighted by Gasteiger charge is 2.39. The first-order valence-corrected chi connectivity index (χ1v) is 19.1. The van der Waals surface area contributed by atoms with Gasteiger partial charge in [0.2, 0.25) is 0 Å². The van der Waals surface area contributed by atoms with Crippen molar-refractivity contribution in [2.45, 2.75) is 50.8 Å². The molecule has 1 atom stereocenters. The lowest BCUT2D eigenvalue weighted by Crippen LogP contribution is -2.54. The molecular formula is C40H37BrF3N7O5. The van der Waals surface area contributed by atoms with Crippen LogP contribution < -0.4 is 15.7 Å².